The summed E-state index contributed by atoms with van der Waals surface area (Å²) in [5.74, 6) is -0.727. The normalized spacial score (nSPS) is 27.3. The lowest BCUT2D eigenvalue weighted by atomic mass is 9.80. The Morgan fingerprint density at radius 3 is 2.38 bits per heavy atom. The van der Waals surface area contributed by atoms with E-state index in [4.69, 9.17) is 5.11 Å². The molecule has 1 saturated carbocycles. The van der Waals surface area contributed by atoms with Crippen LogP contribution in [0, 0.1) is 5.92 Å². The van der Waals surface area contributed by atoms with Crippen LogP contribution in [0.5, 0.6) is 0 Å². The average Bonchev–Trinajstić information content (AvgIpc) is 2.02. The molecule has 0 aromatic heterocycles. The standard InChI is InChI=1S/C10H19NO2/c1-3-8(4-2)11-9-5-7(6-9)10(12)13/h7-9,11H,3-6H2,1-2H3,(H,12,13). The van der Waals surface area contributed by atoms with Gasteiger partial charge in [0.15, 0.2) is 0 Å². The second kappa shape index (κ2) is 4.61. The van der Waals surface area contributed by atoms with Gasteiger partial charge in [0.25, 0.3) is 0 Å². The van der Waals surface area contributed by atoms with Gasteiger partial charge in [0.2, 0.25) is 0 Å². The van der Waals surface area contributed by atoms with Crippen molar-refractivity contribution in [1.82, 2.24) is 5.32 Å². The molecule has 0 spiro atoms. The highest BCUT2D eigenvalue weighted by molar-refractivity contribution is 5.71. The third-order valence-electron chi connectivity index (χ3n) is 2.94. The first-order valence-corrected chi connectivity index (χ1v) is 5.16. The molecule has 0 saturated heterocycles. The van der Waals surface area contributed by atoms with Gasteiger partial charge >= 0.3 is 5.97 Å². The zero-order chi connectivity index (χ0) is 9.84. The molecule has 0 aromatic rings. The number of hydrogen-bond acceptors (Lipinski definition) is 2. The van der Waals surface area contributed by atoms with E-state index in [0.717, 1.165) is 25.7 Å². The Labute approximate surface area is 79.5 Å². The van der Waals surface area contributed by atoms with Crippen LogP contribution in [0.2, 0.25) is 0 Å². The molecule has 0 unspecified atom stereocenters. The van der Waals surface area contributed by atoms with Gasteiger partial charge in [-0.2, -0.15) is 0 Å². The van der Waals surface area contributed by atoms with Crippen LogP contribution >= 0.6 is 0 Å². The van der Waals surface area contributed by atoms with Crippen molar-refractivity contribution in [1.29, 1.82) is 0 Å². The van der Waals surface area contributed by atoms with Crippen molar-refractivity contribution in [3.8, 4) is 0 Å². The summed E-state index contributed by atoms with van der Waals surface area (Å²) in [6.07, 6.45) is 3.88. The van der Waals surface area contributed by atoms with Crippen LogP contribution in [-0.2, 0) is 4.79 Å². The fourth-order valence-corrected chi connectivity index (χ4v) is 1.81. The number of carbonyl (C=O) groups is 1. The minimum atomic E-state index is -0.636. The number of carboxylic acid groups (broad SMARTS) is 1. The molecule has 1 rings (SSSR count). The highest BCUT2D eigenvalue weighted by atomic mass is 16.4. The van der Waals surface area contributed by atoms with Crippen LogP contribution in [0.25, 0.3) is 0 Å². The van der Waals surface area contributed by atoms with Crippen molar-refractivity contribution in [2.75, 3.05) is 0 Å². The van der Waals surface area contributed by atoms with Crippen LogP contribution in [0.3, 0.4) is 0 Å². The Morgan fingerprint density at radius 2 is 2.00 bits per heavy atom. The van der Waals surface area contributed by atoms with Gasteiger partial charge < -0.3 is 10.4 Å². The van der Waals surface area contributed by atoms with Gasteiger partial charge in [0.1, 0.15) is 0 Å². The number of hydrogen-bond donors (Lipinski definition) is 2. The van der Waals surface area contributed by atoms with E-state index in [1.807, 2.05) is 0 Å². The first-order valence-electron chi connectivity index (χ1n) is 5.16. The molecular formula is C10H19NO2. The molecule has 0 amide bonds. The third-order valence-corrected chi connectivity index (χ3v) is 2.94. The smallest absolute Gasteiger partial charge is 0.306 e. The van der Waals surface area contributed by atoms with Gasteiger partial charge in [0.05, 0.1) is 5.92 Å². The van der Waals surface area contributed by atoms with E-state index >= 15 is 0 Å². The van der Waals surface area contributed by atoms with Crippen LogP contribution in [0.15, 0.2) is 0 Å². The molecule has 3 nitrogen and oxygen atoms in total. The topological polar surface area (TPSA) is 49.3 Å². The summed E-state index contributed by atoms with van der Waals surface area (Å²) in [7, 11) is 0. The summed E-state index contributed by atoms with van der Waals surface area (Å²) in [4.78, 5) is 10.5. The maximum atomic E-state index is 10.5. The quantitative estimate of drug-likeness (QED) is 0.684. The Hall–Kier alpha value is -0.570. The Kier molecular flexibility index (Phi) is 3.72. The Bertz CT molecular complexity index is 172. The van der Waals surface area contributed by atoms with Crippen molar-refractivity contribution in [3.63, 3.8) is 0 Å². The van der Waals surface area contributed by atoms with Crippen molar-refractivity contribution in [3.05, 3.63) is 0 Å². The van der Waals surface area contributed by atoms with Crippen molar-refractivity contribution >= 4 is 5.97 Å². The van der Waals surface area contributed by atoms with Gasteiger partial charge in [-0.05, 0) is 25.7 Å². The van der Waals surface area contributed by atoms with E-state index in [0.29, 0.717) is 12.1 Å². The zero-order valence-corrected chi connectivity index (χ0v) is 8.42. The lowest BCUT2D eigenvalue weighted by molar-refractivity contribution is -0.145. The predicted octanol–water partition coefficient (Wildman–Crippen LogP) is 1.63. The van der Waals surface area contributed by atoms with Gasteiger partial charge in [0, 0.05) is 12.1 Å². The summed E-state index contributed by atoms with van der Waals surface area (Å²) >= 11 is 0. The predicted molar refractivity (Wildman–Crippen MR) is 51.7 cm³/mol. The summed E-state index contributed by atoms with van der Waals surface area (Å²) in [6.45, 7) is 4.32. The maximum absolute atomic E-state index is 10.5. The van der Waals surface area contributed by atoms with Crippen molar-refractivity contribution in [2.45, 2.75) is 51.6 Å². The Balaban J connectivity index is 2.17. The lowest BCUT2D eigenvalue weighted by Crippen LogP contribution is -2.48. The third kappa shape index (κ3) is 2.69. The molecule has 1 aliphatic rings. The first-order chi connectivity index (χ1) is 6.17. The number of aliphatic carboxylic acids is 1. The van der Waals surface area contributed by atoms with Crippen LogP contribution in [-0.4, -0.2) is 23.2 Å². The molecule has 0 heterocycles. The molecule has 2 N–H and O–H groups in total. The monoisotopic (exact) mass is 185 g/mol. The molecule has 1 fully saturated rings. The maximum Gasteiger partial charge on any atom is 0.306 e. The molecule has 0 aromatic carbocycles. The molecule has 0 atom stereocenters. The fourth-order valence-electron chi connectivity index (χ4n) is 1.81. The van der Waals surface area contributed by atoms with Gasteiger partial charge in [-0.3, -0.25) is 4.79 Å². The Morgan fingerprint density at radius 1 is 1.46 bits per heavy atom. The van der Waals surface area contributed by atoms with Crippen LogP contribution in [0.4, 0.5) is 0 Å². The van der Waals surface area contributed by atoms with Gasteiger partial charge in [-0.15, -0.1) is 0 Å². The molecule has 13 heavy (non-hydrogen) atoms. The van der Waals surface area contributed by atoms with Crippen molar-refractivity contribution < 1.29 is 9.90 Å². The molecule has 76 valence electrons. The SMILES string of the molecule is CCC(CC)NC1CC(C(=O)O)C1. The minimum Gasteiger partial charge on any atom is -0.481 e. The molecular weight excluding hydrogens is 166 g/mol. The molecule has 0 radical (unpaired) electrons. The van der Waals surface area contributed by atoms with E-state index in [1.54, 1.807) is 0 Å². The number of nitrogens with one attached hydrogen (secondary N) is 1. The van der Waals surface area contributed by atoms with E-state index in [-0.39, 0.29) is 5.92 Å². The molecule has 1 aliphatic carbocycles. The molecule has 3 heteroatoms. The van der Waals surface area contributed by atoms with E-state index in [1.165, 1.54) is 0 Å². The first kappa shape index (κ1) is 10.5. The van der Waals surface area contributed by atoms with E-state index < -0.39 is 5.97 Å². The fraction of sp³-hybridized carbons (Fsp3) is 0.900. The van der Waals surface area contributed by atoms with E-state index in [2.05, 4.69) is 19.2 Å². The number of rotatable bonds is 5. The lowest BCUT2D eigenvalue weighted by Gasteiger charge is -2.35. The van der Waals surface area contributed by atoms with Gasteiger partial charge in [-0.1, -0.05) is 13.8 Å². The largest absolute Gasteiger partial charge is 0.481 e. The average molecular weight is 185 g/mol. The van der Waals surface area contributed by atoms with E-state index in [9.17, 15) is 4.79 Å². The molecule has 0 bridgehead atoms. The second-order valence-corrected chi connectivity index (χ2v) is 3.88. The summed E-state index contributed by atoms with van der Waals surface area (Å²) in [5, 5.41) is 12.1. The highest BCUT2D eigenvalue weighted by Crippen LogP contribution is 2.28. The molecule has 0 aliphatic heterocycles. The highest BCUT2D eigenvalue weighted by Gasteiger charge is 2.34. The number of carboxylic acids is 1. The summed E-state index contributed by atoms with van der Waals surface area (Å²) in [6, 6.07) is 1.02. The summed E-state index contributed by atoms with van der Waals surface area (Å²) in [5.41, 5.74) is 0. The van der Waals surface area contributed by atoms with Crippen LogP contribution in [0.1, 0.15) is 39.5 Å². The van der Waals surface area contributed by atoms with Crippen LogP contribution < -0.4 is 5.32 Å². The van der Waals surface area contributed by atoms with Crippen molar-refractivity contribution in [2.24, 2.45) is 5.92 Å². The van der Waals surface area contributed by atoms with Gasteiger partial charge in [-0.25, -0.2) is 0 Å². The zero-order valence-electron chi connectivity index (χ0n) is 8.42. The second-order valence-electron chi connectivity index (χ2n) is 3.88. The summed E-state index contributed by atoms with van der Waals surface area (Å²) < 4.78 is 0. The minimum absolute atomic E-state index is 0.0909.